The fraction of sp³-hybridized carbons (Fsp3) is 0. The van der Waals surface area contributed by atoms with Gasteiger partial charge in [0.05, 0.1) is 55.5 Å². The number of nitrogens with zero attached hydrogens (tertiary/aromatic N) is 8. The van der Waals surface area contributed by atoms with Gasteiger partial charge < -0.3 is 9.13 Å². The van der Waals surface area contributed by atoms with E-state index in [-0.39, 0.29) is 0 Å². The van der Waals surface area contributed by atoms with Crippen LogP contribution < -0.4 is 0 Å². The molecule has 0 fully saturated rings. The molecule has 94 heavy (non-hydrogen) atoms. The molecule has 6 heterocycles. The predicted octanol–water partition coefficient (Wildman–Crippen LogP) is 21.7. The average molecular weight is 1200 g/mol. The molecule has 0 spiro atoms. The van der Waals surface area contributed by atoms with Crippen LogP contribution >= 0.6 is 0 Å². The first-order valence-corrected chi connectivity index (χ1v) is 31.8. The smallest absolute Gasteiger partial charge is 0.162 e. The van der Waals surface area contributed by atoms with E-state index in [1.807, 2.05) is 48.5 Å². The minimum absolute atomic E-state index is 0.690. The third-order valence-corrected chi connectivity index (χ3v) is 18.3. The maximum Gasteiger partial charge on any atom is 0.162 e. The van der Waals surface area contributed by atoms with Gasteiger partial charge in [0.15, 0.2) is 11.6 Å². The summed E-state index contributed by atoms with van der Waals surface area (Å²) in [5, 5.41) is 9.72. The molecule has 0 atom stereocenters. The molecule has 0 saturated heterocycles. The minimum atomic E-state index is 0.690. The molecule has 0 N–H and O–H groups in total. The topological polar surface area (TPSA) is 71.3 Å². The van der Waals surface area contributed by atoms with E-state index in [2.05, 4.69) is 309 Å². The van der Waals surface area contributed by atoms with E-state index in [0.717, 1.165) is 89.8 Å². The van der Waals surface area contributed by atoms with Crippen molar-refractivity contribution in [2.45, 2.75) is 0 Å². The van der Waals surface area contributed by atoms with Gasteiger partial charge in [-0.1, -0.05) is 255 Å². The summed E-state index contributed by atoms with van der Waals surface area (Å²) in [5.41, 5.74) is 19.6. The Morgan fingerprint density at radius 1 is 0.170 bits per heavy atom. The summed E-state index contributed by atoms with van der Waals surface area (Å²) >= 11 is 0. The predicted molar refractivity (Wildman–Crippen MR) is 389 cm³/mol. The van der Waals surface area contributed by atoms with Crippen LogP contribution in [0, 0.1) is 0 Å². The summed E-state index contributed by atoms with van der Waals surface area (Å²) in [5.74, 6) is 3.06. The zero-order chi connectivity index (χ0) is 62.1. The van der Waals surface area contributed by atoms with Gasteiger partial charge in [-0.3, -0.25) is 9.13 Å². The Balaban J connectivity index is 0.000000139. The minimum Gasteiger partial charge on any atom is -0.309 e. The molecule has 0 amide bonds. The first-order chi connectivity index (χ1) is 46.6. The summed E-state index contributed by atoms with van der Waals surface area (Å²) in [6.45, 7) is 0. The number of fused-ring (bicyclic) bond motifs is 12. The van der Waals surface area contributed by atoms with Crippen molar-refractivity contribution in [3.63, 3.8) is 0 Å². The van der Waals surface area contributed by atoms with Crippen molar-refractivity contribution in [1.82, 2.24) is 38.2 Å². The van der Waals surface area contributed by atoms with Crippen LogP contribution in [0.4, 0.5) is 0 Å². The summed E-state index contributed by atoms with van der Waals surface area (Å²) < 4.78 is 9.36. The Morgan fingerprint density at radius 3 is 0.809 bits per heavy atom. The summed E-state index contributed by atoms with van der Waals surface area (Å²) in [4.78, 5) is 20.7. The number of hydrogen-bond donors (Lipinski definition) is 0. The molecule has 0 aliphatic rings. The molecule has 0 aliphatic carbocycles. The third-order valence-electron chi connectivity index (χ3n) is 18.3. The van der Waals surface area contributed by atoms with Crippen molar-refractivity contribution in [3.8, 4) is 79.4 Å². The van der Waals surface area contributed by atoms with Gasteiger partial charge >= 0.3 is 0 Å². The van der Waals surface area contributed by atoms with Crippen LogP contribution in [0.25, 0.3) is 167 Å². The molecular formula is C86H56N8. The Hall–Kier alpha value is -12.8. The first-order valence-electron chi connectivity index (χ1n) is 31.8. The van der Waals surface area contributed by atoms with E-state index in [1.165, 1.54) is 65.3 Å². The maximum atomic E-state index is 5.29. The maximum absolute atomic E-state index is 5.29. The van der Waals surface area contributed by atoms with E-state index in [4.69, 9.17) is 19.9 Å². The van der Waals surface area contributed by atoms with E-state index < -0.39 is 0 Å². The molecule has 0 radical (unpaired) electrons. The fourth-order valence-corrected chi connectivity index (χ4v) is 14.0. The molecular weight excluding hydrogens is 1150 g/mol. The summed E-state index contributed by atoms with van der Waals surface area (Å²) in [7, 11) is 0. The van der Waals surface area contributed by atoms with Gasteiger partial charge in [-0.05, 0) is 83.9 Å². The van der Waals surface area contributed by atoms with Crippen LogP contribution in [-0.2, 0) is 0 Å². The van der Waals surface area contributed by atoms with Crippen molar-refractivity contribution in [2.24, 2.45) is 0 Å². The molecule has 19 rings (SSSR count). The zero-order valence-electron chi connectivity index (χ0n) is 50.9. The first kappa shape index (κ1) is 54.2. The lowest BCUT2D eigenvalue weighted by atomic mass is 10.0. The van der Waals surface area contributed by atoms with Gasteiger partial charge in [-0.2, -0.15) is 0 Å². The Bertz CT molecular complexity index is 6000. The SMILES string of the molecule is c1ccc(-c2cc(-n3c4ccccc4c4cc5c6ccccc6n(-c6ccccc6)c5cc43)nc(-c3ccccc3)n2)cc1.c1ccc(-c2ccc(-c3cc(-n4c5ccccc5c5cc6c7ccccc7n(-c7ccccc7)c6cc54)nc(-c4ccccc4)n3)cc2)cc1. The highest BCUT2D eigenvalue weighted by Crippen LogP contribution is 2.43. The monoisotopic (exact) mass is 1200 g/mol. The number of hydrogen-bond acceptors (Lipinski definition) is 4. The molecule has 8 nitrogen and oxygen atoms in total. The number of benzene rings is 13. The largest absolute Gasteiger partial charge is 0.309 e. The molecule has 0 saturated carbocycles. The molecule has 0 aliphatic heterocycles. The lowest BCUT2D eigenvalue weighted by Crippen LogP contribution is -2.02. The van der Waals surface area contributed by atoms with Crippen molar-refractivity contribution in [2.75, 3.05) is 0 Å². The van der Waals surface area contributed by atoms with Gasteiger partial charge in [-0.15, -0.1) is 0 Å². The molecule has 6 aromatic heterocycles. The van der Waals surface area contributed by atoms with Gasteiger partial charge in [0, 0.05) is 88.9 Å². The van der Waals surface area contributed by atoms with Gasteiger partial charge in [0.1, 0.15) is 11.6 Å². The number of aromatic nitrogens is 8. The van der Waals surface area contributed by atoms with E-state index in [0.29, 0.717) is 11.6 Å². The molecule has 0 bridgehead atoms. The molecule has 440 valence electrons. The Kier molecular flexibility index (Phi) is 13.0. The number of para-hydroxylation sites is 6. The standard InChI is InChI=1S/C46H30N4.C40H26N4/c1-4-14-31(15-5-1)32-24-26-33(27-25-32)40-29-45(48-46(47-40)34-16-6-2-7-17-34)50-42-23-13-11-21-37(42)39-28-38-36-20-10-12-22-41(36)49(43(38)30-44(39)50)35-18-8-3-9-19-35;1-4-14-27(15-5-1)34-25-39(42-40(41-34)28-16-6-2-7-17-28)44-36-23-13-11-21-31(36)33-24-32-30-20-10-12-22-35(30)43(37(32)26-38(33)44)29-18-8-3-9-19-29/h1-30H;1-26H. The van der Waals surface area contributed by atoms with E-state index >= 15 is 0 Å². The summed E-state index contributed by atoms with van der Waals surface area (Å²) in [6.07, 6.45) is 0. The molecule has 8 heteroatoms. The van der Waals surface area contributed by atoms with Crippen molar-refractivity contribution < 1.29 is 0 Å². The normalized spacial score (nSPS) is 11.6. The van der Waals surface area contributed by atoms with Gasteiger partial charge in [-0.25, -0.2) is 19.9 Å². The highest BCUT2D eigenvalue weighted by molar-refractivity contribution is 6.21. The van der Waals surface area contributed by atoms with E-state index in [9.17, 15) is 0 Å². The summed E-state index contributed by atoms with van der Waals surface area (Å²) in [6, 6.07) is 120. The van der Waals surface area contributed by atoms with Crippen LogP contribution in [-0.4, -0.2) is 38.2 Å². The van der Waals surface area contributed by atoms with Crippen LogP contribution in [0.3, 0.4) is 0 Å². The van der Waals surface area contributed by atoms with Crippen LogP contribution in [0.15, 0.2) is 340 Å². The van der Waals surface area contributed by atoms with Crippen molar-refractivity contribution >= 4 is 87.2 Å². The second-order valence-corrected chi connectivity index (χ2v) is 23.8. The zero-order valence-corrected chi connectivity index (χ0v) is 50.9. The lowest BCUT2D eigenvalue weighted by Gasteiger charge is -2.13. The third kappa shape index (κ3) is 9.22. The van der Waals surface area contributed by atoms with E-state index in [1.54, 1.807) is 0 Å². The highest BCUT2D eigenvalue weighted by atomic mass is 15.1. The van der Waals surface area contributed by atoms with Crippen molar-refractivity contribution in [1.29, 1.82) is 0 Å². The van der Waals surface area contributed by atoms with Crippen LogP contribution in [0.2, 0.25) is 0 Å². The molecule has 0 unspecified atom stereocenters. The Morgan fingerprint density at radius 2 is 0.436 bits per heavy atom. The van der Waals surface area contributed by atoms with Crippen molar-refractivity contribution in [3.05, 3.63) is 340 Å². The lowest BCUT2D eigenvalue weighted by molar-refractivity contribution is 1.05. The highest BCUT2D eigenvalue weighted by Gasteiger charge is 2.23. The van der Waals surface area contributed by atoms with Gasteiger partial charge in [0.2, 0.25) is 0 Å². The quantitative estimate of drug-likeness (QED) is 0.144. The number of rotatable bonds is 9. The second kappa shape index (κ2) is 22.6. The Labute approximate surface area is 541 Å². The molecule has 13 aromatic carbocycles. The van der Waals surface area contributed by atoms with Gasteiger partial charge in [0.25, 0.3) is 0 Å². The molecule has 19 aromatic rings. The fourth-order valence-electron chi connectivity index (χ4n) is 14.0. The van der Waals surface area contributed by atoms with Crippen LogP contribution in [0.5, 0.6) is 0 Å². The van der Waals surface area contributed by atoms with Crippen LogP contribution in [0.1, 0.15) is 0 Å². The average Bonchev–Trinajstić information content (AvgIpc) is 1.57. The second-order valence-electron chi connectivity index (χ2n) is 23.8.